The van der Waals surface area contributed by atoms with E-state index in [-0.39, 0.29) is 18.4 Å². The lowest BCUT2D eigenvalue weighted by molar-refractivity contribution is -0.130. The molecular weight excluding hydrogens is 324 g/mol. The Kier molecular flexibility index (Phi) is 8.15. The number of carbonyl (C=O) groups is 3. The molecule has 0 aromatic rings. The fraction of sp³-hybridized carbons (Fsp3) is 0.824. The van der Waals surface area contributed by atoms with Gasteiger partial charge in [-0.15, -0.1) is 0 Å². The number of rotatable bonds is 0. The molecule has 0 atom stereocenters. The average molecular weight is 356 g/mol. The van der Waals surface area contributed by atoms with Gasteiger partial charge in [0.2, 0.25) is 11.8 Å². The highest BCUT2D eigenvalue weighted by molar-refractivity contribution is 5.82. The molecule has 25 heavy (non-hydrogen) atoms. The number of ether oxygens (including phenoxy) is 1. The van der Waals surface area contributed by atoms with Crippen molar-refractivity contribution >= 4 is 17.9 Å². The maximum absolute atomic E-state index is 11.8. The largest absolute Gasteiger partial charge is 0.444 e. The molecule has 0 saturated carbocycles. The van der Waals surface area contributed by atoms with Gasteiger partial charge in [0.15, 0.2) is 0 Å². The first-order chi connectivity index (χ1) is 11.6. The van der Waals surface area contributed by atoms with E-state index >= 15 is 0 Å². The second kappa shape index (κ2) is 9.60. The minimum atomic E-state index is -0.516. The molecular formula is C17H32N4O4. The topological polar surface area (TPSA) is 82.2 Å². The van der Waals surface area contributed by atoms with Crippen LogP contribution in [-0.2, 0) is 14.3 Å². The average Bonchev–Trinajstić information content (AvgIpc) is 2.79. The van der Waals surface area contributed by atoms with Gasteiger partial charge in [0.1, 0.15) is 12.1 Å². The highest BCUT2D eigenvalue weighted by atomic mass is 16.6. The Hall–Kier alpha value is -1.83. The van der Waals surface area contributed by atoms with Crippen LogP contribution in [0.3, 0.4) is 0 Å². The normalized spacial score (nSPS) is 19.6. The molecule has 2 aliphatic heterocycles. The maximum Gasteiger partial charge on any atom is 0.410 e. The second-order valence-corrected chi connectivity index (χ2v) is 7.42. The van der Waals surface area contributed by atoms with E-state index in [0.29, 0.717) is 19.6 Å². The Morgan fingerprint density at radius 2 is 1.60 bits per heavy atom. The number of hydrogen-bond acceptors (Lipinski definition) is 5. The Bertz CT molecular complexity index is 476. The number of carbonyl (C=O) groups excluding carboxylic acids is 3. The minimum absolute atomic E-state index is 0.0386. The maximum atomic E-state index is 11.8. The van der Waals surface area contributed by atoms with Crippen LogP contribution in [0.5, 0.6) is 0 Å². The lowest BCUT2D eigenvalue weighted by Gasteiger charge is -2.25. The van der Waals surface area contributed by atoms with E-state index in [1.54, 1.807) is 16.8 Å². The summed E-state index contributed by atoms with van der Waals surface area (Å²) in [4.78, 5) is 39.1. The third-order valence-electron chi connectivity index (χ3n) is 3.87. The summed E-state index contributed by atoms with van der Waals surface area (Å²) in [6, 6.07) is 0. The first-order valence-electron chi connectivity index (χ1n) is 8.76. The van der Waals surface area contributed by atoms with Crippen molar-refractivity contribution in [3.8, 4) is 0 Å². The smallest absolute Gasteiger partial charge is 0.410 e. The van der Waals surface area contributed by atoms with Gasteiger partial charge in [-0.1, -0.05) is 0 Å². The van der Waals surface area contributed by atoms with Gasteiger partial charge < -0.3 is 19.9 Å². The molecule has 8 nitrogen and oxygen atoms in total. The van der Waals surface area contributed by atoms with Gasteiger partial charge in [-0.3, -0.25) is 14.5 Å². The number of nitrogens with one attached hydrogen (secondary N) is 1. The fourth-order valence-corrected chi connectivity index (χ4v) is 2.37. The van der Waals surface area contributed by atoms with E-state index in [4.69, 9.17) is 4.74 Å². The Labute approximate surface area is 150 Å². The Morgan fingerprint density at radius 3 is 2.24 bits per heavy atom. The predicted molar refractivity (Wildman–Crippen MR) is 95.2 cm³/mol. The van der Waals surface area contributed by atoms with Gasteiger partial charge in [-0.05, 0) is 40.2 Å². The molecule has 8 heteroatoms. The number of amides is 3. The summed E-state index contributed by atoms with van der Waals surface area (Å²) < 4.78 is 5.23. The molecule has 2 heterocycles. The van der Waals surface area contributed by atoms with Gasteiger partial charge in [-0.25, -0.2) is 4.79 Å². The van der Waals surface area contributed by atoms with E-state index in [1.807, 2.05) is 27.8 Å². The van der Waals surface area contributed by atoms with Gasteiger partial charge in [-0.2, -0.15) is 0 Å². The summed E-state index contributed by atoms with van der Waals surface area (Å²) >= 11 is 0. The molecule has 0 radical (unpaired) electrons. The van der Waals surface area contributed by atoms with Crippen LogP contribution in [0.2, 0.25) is 0 Å². The summed E-state index contributed by atoms with van der Waals surface area (Å²) in [5.41, 5.74) is -0.516. The summed E-state index contributed by atoms with van der Waals surface area (Å²) in [5, 5.41) is 3.04. The van der Waals surface area contributed by atoms with Crippen molar-refractivity contribution in [2.45, 2.75) is 39.2 Å². The van der Waals surface area contributed by atoms with Crippen molar-refractivity contribution in [3.05, 3.63) is 0 Å². The van der Waals surface area contributed by atoms with Crippen LogP contribution in [0.25, 0.3) is 0 Å². The molecule has 2 aliphatic rings. The predicted octanol–water partition coefficient (Wildman–Crippen LogP) is 0.524. The highest BCUT2D eigenvalue weighted by Gasteiger charge is 2.26. The number of nitrogens with zero attached hydrogens (tertiary/aromatic N) is 3. The first-order valence-corrected chi connectivity index (χ1v) is 8.76. The second-order valence-electron chi connectivity index (χ2n) is 7.42. The van der Waals surface area contributed by atoms with E-state index in [9.17, 15) is 14.4 Å². The minimum Gasteiger partial charge on any atom is -0.444 e. The van der Waals surface area contributed by atoms with Crippen molar-refractivity contribution in [2.75, 3.05) is 53.4 Å². The molecule has 1 N–H and O–H groups in total. The summed E-state index contributed by atoms with van der Waals surface area (Å²) in [6.45, 7) is 9.21. The quantitative estimate of drug-likeness (QED) is 0.684. The SMILES string of the molecule is CN1CCCN(C(=O)OC(C)(C)C)CC1=O.CN1CCCNCC1=O. The van der Waals surface area contributed by atoms with Gasteiger partial charge in [0.05, 0.1) is 6.54 Å². The number of hydrogen-bond donors (Lipinski definition) is 1. The summed E-state index contributed by atoms with van der Waals surface area (Å²) in [7, 11) is 3.59. The van der Waals surface area contributed by atoms with Crippen LogP contribution < -0.4 is 5.32 Å². The molecule has 0 unspecified atom stereocenters. The van der Waals surface area contributed by atoms with Crippen molar-refractivity contribution < 1.29 is 19.1 Å². The highest BCUT2D eigenvalue weighted by Crippen LogP contribution is 2.11. The molecule has 3 amide bonds. The van der Waals surface area contributed by atoms with E-state index < -0.39 is 11.7 Å². The first kappa shape index (κ1) is 21.2. The Balaban J connectivity index is 0.000000293. The van der Waals surface area contributed by atoms with Gasteiger partial charge in [0, 0.05) is 33.7 Å². The molecule has 0 bridgehead atoms. The van der Waals surface area contributed by atoms with Crippen molar-refractivity contribution in [2.24, 2.45) is 0 Å². The van der Waals surface area contributed by atoms with Crippen LogP contribution >= 0.6 is 0 Å². The fourth-order valence-electron chi connectivity index (χ4n) is 2.37. The summed E-state index contributed by atoms with van der Waals surface area (Å²) in [6.07, 6.45) is 1.46. The standard InChI is InChI=1S/C11H20N2O3.C6H12N2O/c1-11(2,3)16-10(15)13-7-5-6-12(4)9(14)8-13;1-8-4-2-3-7-5-6(8)9/h5-8H2,1-4H3;7H,2-5H2,1H3. The number of likely N-dealkylation sites (N-methyl/N-ethyl adjacent to an activating group) is 2. The summed E-state index contributed by atoms with van der Waals surface area (Å²) in [5.74, 6) is 0.163. The lowest BCUT2D eigenvalue weighted by Crippen LogP contribution is -2.41. The monoisotopic (exact) mass is 356 g/mol. The van der Waals surface area contributed by atoms with Crippen LogP contribution in [0.4, 0.5) is 4.79 Å². The van der Waals surface area contributed by atoms with Gasteiger partial charge in [0.25, 0.3) is 0 Å². The zero-order chi connectivity index (χ0) is 19.0. The molecule has 0 spiro atoms. The van der Waals surface area contributed by atoms with E-state index in [2.05, 4.69) is 5.32 Å². The lowest BCUT2D eigenvalue weighted by atomic mass is 10.2. The van der Waals surface area contributed by atoms with E-state index in [0.717, 1.165) is 25.9 Å². The molecule has 2 fully saturated rings. The van der Waals surface area contributed by atoms with Crippen LogP contribution in [-0.4, -0.2) is 91.6 Å². The molecule has 144 valence electrons. The molecule has 0 aliphatic carbocycles. The van der Waals surface area contributed by atoms with Crippen LogP contribution in [0, 0.1) is 0 Å². The third-order valence-corrected chi connectivity index (χ3v) is 3.87. The van der Waals surface area contributed by atoms with Crippen molar-refractivity contribution in [3.63, 3.8) is 0 Å². The molecule has 0 aromatic carbocycles. The van der Waals surface area contributed by atoms with Crippen LogP contribution in [0.15, 0.2) is 0 Å². The van der Waals surface area contributed by atoms with Crippen LogP contribution in [0.1, 0.15) is 33.6 Å². The van der Waals surface area contributed by atoms with E-state index in [1.165, 1.54) is 4.90 Å². The molecule has 0 aromatic heterocycles. The zero-order valence-electron chi connectivity index (χ0n) is 16.1. The molecule has 2 saturated heterocycles. The zero-order valence-corrected chi connectivity index (χ0v) is 16.1. The molecule has 2 rings (SSSR count). The van der Waals surface area contributed by atoms with Gasteiger partial charge >= 0.3 is 6.09 Å². The Morgan fingerprint density at radius 1 is 1.00 bits per heavy atom. The third kappa shape index (κ3) is 8.20. The van der Waals surface area contributed by atoms with Crippen molar-refractivity contribution in [1.82, 2.24) is 20.0 Å². The van der Waals surface area contributed by atoms with Crippen molar-refractivity contribution in [1.29, 1.82) is 0 Å².